The molecule has 0 aliphatic heterocycles. The first-order valence-electron chi connectivity index (χ1n) is 4.85. The SMILES string of the molecule is CC(N)CCC(=O)c1ccc(F)c(F)c1F. The second kappa shape index (κ2) is 5.12. The third-order valence-electron chi connectivity index (χ3n) is 2.16. The molecule has 1 aromatic carbocycles. The molecule has 88 valence electrons. The summed E-state index contributed by atoms with van der Waals surface area (Å²) >= 11 is 0. The van der Waals surface area contributed by atoms with Gasteiger partial charge in [0.1, 0.15) is 0 Å². The Morgan fingerprint density at radius 3 is 2.50 bits per heavy atom. The van der Waals surface area contributed by atoms with E-state index in [4.69, 9.17) is 5.73 Å². The minimum Gasteiger partial charge on any atom is -0.328 e. The van der Waals surface area contributed by atoms with Gasteiger partial charge in [0, 0.05) is 12.5 Å². The number of halogens is 3. The second-order valence-electron chi connectivity index (χ2n) is 3.66. The zero-order valence-electron chi connectivity index (χ0n) is 8.77. The van der Waals surface area contributed by atoms with E-state index in [0.717, 1.165) is 12.1 Å². The van der Waals surface area contributed by atoms with Gasteiger partial charge in [-0.25, -0.2) is 13.2 Å². The Labute approximate surface area is 91.3 Å². The Morgan fingerprint density at radius 2 is 1.94 bits per heavy atom. The van der Waals surface area contributed by atoms with E-state index in [1.807, 2.05) is 0 Å². The van der Waals surface area contributed by atoms with Gasteiger partial charge in [-0.1, -0.05) is 0 Å². The number of carbonyl (C=O) groups excluding carboxylic acids is 1. The molecule has 0 heterocycles. The topological polar surface area (TPSA) is 43.1 Å². The van der Waals surface area contributed by atoms with Crippen LogP contribution in [0.2, 0.25) is 0 Å². The minimum absolute atomic E-state index is 0.0136. The van der Waals surface area contributed by atoms with Crippen molar-refractivity contribution in [2.75, 3.05) is 0 Å². The van der Waals surface area contributed by atoms with Crippen LogP contribution in [0.4, 0.5) is 13.2 Å². The molecule has 2 nitrogen and oxygen atoms in total. The number of benzene rings is 1. The molecule has 0 fully saturated rings. The van der Waals surface area contributed by atoms with Crippen molar-refractivity contribution in [2.45, 2.75) is 25.8 Å². The van der Waals surface area contributed by atoms with Crippen molar-refractivity contribution in [1.82, 2.24) is 0 Å². The first-order chi connectivity index (χ1) is 7.43. The molecular weight excluding hydrogens is 219 g/mol. The molecule has 0 saturated carbocycles. The predicted octanol–water partition coefficient (Wildman–Crippen LogP) is 2.41. The first-order valence-corrected chi connectivity index (χ1v) is 4.85. The number of carbonyl (C=O) groups is 1. The molecule has 1 rings (SSSR count). The average molecular weight is 231 g/mol. The summed E-state index contributed by atoms with van der Waals surface area (Å²) < 4.78 is 38.6. The normalized spacial score (nSPS) is 12.6. The Balaban J connectivity index is 2.88. The van der Waals surface area contributed by atoms with E-state index in [1.165, 1.54) is 0 Å². The van der Waals surface area contributed by atoms with Crippen LogP contribution in [-0.4, -0.2) is 11.8 Å². The first kappa shape index (κ1) is 12.7. The van der Waals surface area contributed by atoms with Crippen molar-refractivity contribution in [3.05, 3.63) is 35.1 Å². The maximum Gasteiger partial charge on any atom is 0.195 e. The van der Waals surface area contributed by atoms with Crippen molar-refractivity contribution in [2.24, 2.45) is 5.73 Å². The third-order valence-corrected chi connectivity index (χ3v) is 2.16. The number of Topliss-reactive ketones (excluding diaryl/α,β-unsaturated/α-hetero) is 1. The number of hydrogen-bond acceptors (Lipinski definition) is 2. The van der Waals surface area contributed by atoms with Gasteiger partial charge in [-0.15, -0.1) is 0 Å². The monoisotopic (exact) mass is 231 g/mol. The van der Waals surface area contributed by atoms with Crippen molar-refractivity contribution in [3.8, 4) is 0 Å². The molecule has 0 spiro atoms. The lowest BCUT2D eigenvalue weighted by Gasteiger charge is -2.05. The molecule has 5 heteroatoms. The average Bonchev–Trinajstić information content (AvgIpc) is 2.23. The highest BCUT2D eigenvalue weighted by molar-refractivity contribution is 5.96. The lowest BCUT2D eigenvalue weighted by atomic mass is 10.0. The lowest BCUT2D eigenvalue weighted by Crippen LogP contribution is -2.17. The fourth-order valence-corrected chi connectivity index (χ4v) is 1.23. The fourth-order valence-electron chi connectivity index (χ4n) is 1.23. The van der Waals surface area contributed by atoms with Crippen LogP contribution in [0.25, 0.3) is 0 Å². The molecule has 0 amide bonds. The smallest absolute Gasteiger partial charge is 0.195 e. The van der Waals surface area contributed by atoms with Gasteiger partial charge in [0.15, 0.2) is 23.2 Å². The van der Waals surface area contributed by atoms with Gasteiger partial charge in [0.05, 0.1) is 5.56 Å². The zero-order chi connectivity index (χ0) is 12.3. The van der Waals surface area contributed by atoms with Gasteiger partial charge in [-0.2, -0.15) is 0 Å². The standard InChI is InChI=1S/C11H12F3NO/c1-6(15)2-5-9(16)7-3-4-8(12)11(14)10(7)13/h3-4,6H,2,5,15H2,1H3. The van der Waals surface area contributed by atoms with Crippen LogP contribution in [-0.2, 0) is 0 Å². The minimum atomic E-state index is -1.62. The number of hydrogen-bond donors (Lipinski definition) is 1. The van der Waals surface area contributed by atoms with Gasteiger partial charge in [-0.05, 0) is 25.5 Å². The van der Waals surface area contributed by atoms with Gasteiger partial charge < -0.3 is 5.73 Å². The Hall–Kier alpha value is -1.36. The van der Waals surface area contributed by atoms with Crippen molar-refractivity contribution in [3.63, 3.8) is 0 Å². The van der Waals surface area contributed by atoms with Crippen LogP contribution < -0.4 is 5.73 Å². The summed E-state index contributed by atoms with van der Waals surface area (Å²) in [6.45, 7) is 1.70. The third kappa shape index (κ3) is 2.82. The predicted molar refractivity (Wildman–Crippen MR) is 53.5 cm³/mol. The van der Waals surface area contributed by atoms with Crippen molar-refractivity contribution in [1.29, 1.82) is 0 Å². The molecule has 0 aliphatic rings. The Kier molecular flexibility index (Phi) is 4.06. The molecule has 1 aromatic rings. The van der Waals surface area contributed by atoms with E-state index < -0.39 is 28.8 Å². The van der Waals surface area contributed by atoms with Crippen LogP contribution in [0, 0.1) is 17.5 Å². The summed E-state index contributed by atoms with van der Waals surface area (Å²) in [4.78, 5) is 11.4. The quantitative estimate of drug-likeness (QED) is 0.638. The van der Waals surface area contributed by atoms with Crippen LogP contribution in [0.15, 0.2) is 12.1 Å². The second-order valence-corrected chi connectivity index (χ2v) is 3.66. The van der Waals surface area contributed by atoms with E-state index in [0.29, 0.717) is 6.42 Å². The summed E-state index contributed by atoms with van der Waals surface area (Å²) in [7, 11) is 0. The van der Waals surface area contributed by atoms with Gasteiger partial charge >= 0.3 is 0 Å². The lowest BCUT2D eigenvalue weighted by molar-refractivity contribution is 0.0973. The molecule has 16 heavy (non-hydrogen) atoms. The Morgan fingerprint density at radius 1 is 1.31 bits per heavy atom. The number of nitrogens with two attached hydrogens (primary N) is 1. The summed E-state index contributed by atoms with van der Waals surface area (Å²) in [5.41, 5.74) is 5.00. The molecular formula is C11H12F3NO. The van der Waals surface area contributed by atoms with Crippen molar-refractivity contribution < 1.29 is 18.0 Å². The highest BCUT2D eigenvalue weighted by atomic mass is 19.2. The highest BCUT2D eigenvalue weighted by Crippen LogP contribution is 2.17. The molecule has 0 aromatic heterocycles. The largest absolute Gasteiger partial charge is 0.328 e. The molecule has 0 radical (unpaired) electrons. The van der Waals surface area contributed by atoms with E-state index in [9.17, 15) is 18.0 Å². The number of rotatable bonds is 4. The maximum atomic E-state index is 13.2. The van der Waals surface area contributed by atoms with Gasteiger partial charge in [0.2, 0.25) is 0 Å². The van der Waals surface area contributed by atoms with Gasteiger partial charge in [-0.3, -0.25) is 4.79 Å². The van der Waals surface area contributed by atoms with Gasteiger partial charge in [0.25, 0.3) is 0 Å². The van der Waals surface area contributed by atoms with Crippen LogP contribution in [0.3, 0.4) is 0 Å². The van der Waals surface area contributed by atoms with Crippen LogP contribution >= 0.6 is 0 Å². The molecule has 2 N–H and O–H groups in total. The Bertz CT molecular complexity index is 404. The zero-order valence-corrected chi connectivity index (χ0v) is 8.77. The molecule has 0 saturated heterocycles. The van der Waals surface area contributed by atoms with Crippen LogP contribution in [0.5, 0.6) is 0 Å². The molecule has 0 bridgehead atoms. The number of ketones is 1. The summed E-state index contributed by atoms with van der Waals surface area (Å²) in [5, 5.41) is 0. The molecule has 0 aliphatic carbocycles. The van der Waals surface area contributed by atoms with E-state index in [1.54, 1.807) is 6.92 Å². The van der Waals surface area contributed by atoms with Crippen LogP contribution in [0.1, 0.15) is 30.1 Å². The highest BCUT2D eigenvalue weighted by Gasteiger charge is 2.18. The molecule has 1 unspecified atom stereocenters. The maximum absolute atomic E-state index is 13.2. The summed E-state index contributed by atoms with van der Waals surface area (Å²) in [6.07, 6.45) is 0.386. The fraction of sp³-hybridized carbons (Fsp3) is 0.364. The van der Waals surface area contributed by atoms with E-state index in [2.05, 4.69) is 0 Å². The van der Waals surface area contributed by atoms with E-state index in [-0.39, 0.29) is 12.5 Å². The van der Waals surface area contributed by atoms with Crippen molar-refractivity contribution >= 4 is 5.78 Å². The summed E-state index contributed by atoms with van der Waals surface area (Å²) in [5.74, 6) is -4.93. The summed E-state index contributed by atoms with van der Waals surface area (Å²) in [6, 6.07) is 1.48. The van der Waals surface area contributed by atoms with E-state index >= 15 is 0 Å². The molecule has 1 atom stereocenters.